The molecule has 5 aromatic rings. The first-order valence-corrected chi connectivity index (χ1v) is 13.8. The Balaban J connectivity index is 1.39. The maximum atomic E-state index is 13.2. The van der Waals surface area contributed by atoms with Crippen molar-refractivity contribution in [1.82, 2.24) is 10.2 Å². The second-order valence-electron chi connectivity index (χ2n) is 8.14. The maximum absolute atomic E-state index is 13.2. The molecule has 0 atom stereocenters. The molecule has 10 heteroatoms. The van der Waals surface area contributed by atoms with Gasteiger partial charge in [-0.25, -0.2) is 8.42 Å². The molecule has 0 bridgehead atoms. The van der Waals surface area contributed by atoms with Gasteiger partial charge in [0.1, 0.15) is 10.8 Å². The predicted octanol–water partition coefficient (Wildman–Crippen LogP) is 5.93. The highest BCUT2D eigenvalue weighted by atomic mass is 32.2. The van der Waals surface area contributed by atoms with Crippen molar-refractivity contribution in [2.24, 2.45) is 0 Å². The van der Waals surface area contributed by atoms with Gasteiger partial charge in [0, 0.05) is 11.6 Å². The molecule has 1 amide bonds. The number of nitrogens with one attached hydrogen (secondary N) is 2. The third-order valence-corrected chi connectivity index (χ3v) is 7.92. The van der Waals surface area contributed by atoms with E-state index in [1.54, 1.807) is 18.2 Å². The van der Waals surface area contributed by atoms with Crippen LogP contribution in [0.25, 0.3) is 21.7 Å². The number of amides is 1. The van der Waals surface area contributed by atoms with Gasteiger partial charge in [-0.1, -0.05) is 84.1 Å². The number of carbonyl (C=O) groups excluding carboxylic acids is 1. The monoisotopic (exact) mass is 542 g/mol. The van der Waals surface area contributed by atoms with E-state index in [2.05, 4.69) is 20.2 Å². The summed E-state index contributed by atoms with van der Waals surface area (Å²) in [6.07, 6.45) is 0. The zero-order valence-corrected chi connectivity index (χ0v) is 21.8. The molecule has 190 valence electrons. The molecular weight excluding hydrogens is 520 g/mol. The lowest BCUT2D eigenvalue weighted by atomic mass is 10.1. The van der Waals surface area contributed by atoms with Crippen LogP contribution in [0.1, 0.15) is 10.4 Å². The second-order valence-corrected chi connectivity index (χ2v) is 10.8. The van der Waals surface area contributed by atoms with Crippen LogP contribution in [-0.4, -0.2) is 31.6 Å². The van der Waals surface area contributed by atoms with Crippen molar-refractivity contribution in [2.45, 2.75) is 4.90 Å². The second kappa shape index (κ2) is 10.8. The summed E-state index contributed by atoms with van der Waals surface area (Å²) in [4.78, 5) is 13.2. The number of hydrogen-bond acceptors (Lipinski definition) is 7. The maximum Gasteiger partial charge on any atom is 0.261 e. The molecule has 1 heterocycles. The van der Waals surface area contributed by atoms with Crippen LogP contribution in [-0.2, 0) is 10.0 Å². The van der Waals surface area contributed by atoms with Crippen molar-refractivity contribution in [1.29, 1.82) is 0 Å². The van der Waals surface area contributed by atoms with E-state index in [1.807, 2.05) is 60.7 Å². The number of hydrogen-bond donors (Lipinski definition) is 2. The molecule has 0 radical (unpaired) electrons. The average molecular weight is 543 g/mol. The molecule has 1 aromatic heterocycles. The number of benzene rings is 4. The largest absolute Gasteiger partial charge is 0.497 e. The van der Waals surface area contributed by atoms with Crippen LogP contribution in [0.2, 0.25) is 0 Å². The molecule has 4 aromatic carbocycles. The highest BCUT2D eigenvalue weighted by Crippen LogP contribution is 2.29. The van der Waals surface area contributed by atoms with Crippen molar-refractivity contribution in [3.63, 3.8) is 0 Å². The number of rotatable bonds is 8. The van der Waals surface area contributed by atoms with E-state index < -0.39 is 15.9 Å². The van der Waals surface area contributed by atoms with Crippen LogP contribution in [0, 0.1) is 0 Å². The van der Waals surface area contributed by atoms with Crippen LogP contribution < -0.4 is 14.8 Å². The number of anilines is 2. The number of aromatic nitrogens is 2. The standard InChI is InChI=1S/C28H22N4O4S2/c1-36-22-14-17-24(26(33)29-28-31-30-27(37-28)21-10-6-3-7-11-21)25(18-22)32-38(34,35)23-15-12-20(13-16-23)19-8-4-2-5-9-19/h2-18,32H,1H3,(H,29,31,33). The lowest BCUT2D eigenvalue weighted by molar-refractivity contribution is 0.102. The van der Waals surface area contributed by atoms with Gasteiger partial charge in [-0.05, 0) is 35.4 Å². The minimum atomic E-state index is -4.01. The number of methoxy groups -OCH3 is 1. The third-order valence-electron chi connectivity index (χ3n) is 5.65. The van der Waals surface area contributed by atoms with Crippen molar-refractivity contribution in [2.75, 3.05) is 17.1 Å². The summed E-state index contributed by atoms with van der Waals surface area (Å²) in [5.41, 5.74) is 2.91. The van der Waals surface area contributed by atoms with Crippen LogP contribution in [0.3, 0.4) is 0 Å². The Morgan fingerprint density at radius 2 is 1.42 bits per heavy atom. The Kier molecular flexibility index (Phi) is 7.16. The summed E-state index contributed by atoms with van der Waals surface area (Å²) in [6.45, 7) is 0. The fraction of sp³-hybridized carbons (Fsp3) is 0.0357. The van der Waals surface area contributed by atoms with E-state index in [4.69, 9.17) is 4.74 Å². The zero-order valence-electron chi connectivity index (χ0n) is 20.2. The van der Waals surface area contributed by atoms with E-state index in [9.17, 15) is 13.2 Å². The first-order valence-electron chi connectivity index (χ1n) is 11.5. The summed E-state index contributed by atoms with van der Waals surface area (Å²) in [5, 5.41) is 11.8. The fourth-order valence-corrected chi connectivity index (χ4v) is 5.54. The van der Waals surface area contributed by atoms with Crippen LogP contribution >= 0.6 is 11.3 Å². The van der Waals surface area contributed by atoms with Gasteiger partial charge < -0.3 is 4.74 Å². The summed E-state index contributed by atoms with van der Waals surface area (Å²) in [7, 11) is -2.55. The van der Waals surface area contributed by atoms with Crippen molar-refractivity contribution in [3.05, 3.63) is 109 Å². The molecule has 0 unspecified atom stereocenters. The van der Waals surface area contributed by atoms with Gasteiger partial charge in [0.15, 0.2) is 0 Å². The SMILES string of the molecule is COc1ccc(C(=O)Nc2nnc(-c3ccccc3)s2)c(NS(=O)(=O)c2ccc(-c3ccccc3)cc2)c1. The predicted molar refractivity (Wildman–Crippen MR) is 149 cm³/mol. The van der Waals surface area contributed by atoms with E-state index in [1.165, 1.54) is 42.7 Å². The first kappa shape index (κ1) is 25.1. The van der Waals surface area contributed by atoms with E-state index in [0.29, 0.717) is 10.8 Å². The number of carbonyl (C=O) groups is 1. The molecule has 8 nitrogen and oxygen atoms in total. The van der Waals surface area contributed by atoms with E-state index in [-0.39, 0.29) is 21.3 Å². The molecule has 0 aliphatic heterocycles. The van der Waals surface area contributed by atoms with Gasteiger partial charge in [0.05, 0.1) is 23.3 Å². The molecule has 0 saturated heterocycles. The quantitative estimate of drug-likeness (QED) is 0.251. The summed E-state index contributed by atoms with van der Waals surface area (Å²) in [6, 6.07) is 30.2. The highest BCUT2D eigenvalue weighted by Gasteiger charge is 2.21. The third kappa shape index (κ3) is 5.56. The van der Waals surface area contributed by atoms with Crippen LogP contribution in [0.4, 0.5) is 10.8 Å². The van der Waals surface area contributed by atoms with E-state index in [0.717, 1.165) is 16.7 Å². The molecule has 0 spiro atoms. The van der Waals surface area contributed by atoms with Crippen molar-refractivity contribution in [3.8, 4) is 27.4 Å². The van der Waals surface area contributed by atoms with Gasteiger partial charge in [0.25, 0.3) is 15.9 Å². The number of ether oxygens (including phenoxy) is 1. The molecule has 0 fully saturated rings. The Bertz CT molecular complexity index is 1670. The molecule has 0 aliphatic carbocycles. The van der Waals surface area contributed by atoms with Crippen molar-refractivity contribution >= 4 is 38.1 Å². The fourth-order valence-electron chi connectivity index (χ4n) is 3.73. The Morgan fingerprint density at radius 1 is 0.789 bits per heavy atom. The van der Waals surface area contributed by atoms with Crippen LogP contribution in [0.15, 0.2) is 108 Å². The van der Waals surface area contributed by atoms with Gasteiger partial charge in [-0.2, -0.15) is 0 Å². The number of nitrogens with zero attached hydrogens (tertiary/aromatic N) is 2. The van der Waals surface area contributed by atoms with Crippen LogP contribution in [0.5, 0.6) is 5.75 Å². The van der Waals surface area contributed by atoms with Gasteiger partial charge in [0.2, 0.25) is 5.13 Å². The highest BCUT2D eigenvalue weighted by molar-refractivity contribution is 7.92. The summed E-state index contributed by atoms with van der Waals surface area (Å²) < 4.78 is 34.3. The van der Waals surface area contributed by atoms with Gasteiger partial charge in [-0.15, -0.1) is 10.2 Å². The Hall–Kier alpha value is -4.54. The zero-order chi connectivity index (χ0) is 26.5. The van der Waals surface area contributed by atoms with E-state index >= 15 is 0 Å². The Morgan fingerprint density at radius 3 is 2.08 bits per heavy atom. The molecular formula is C28H22N4O4S2. The summed E-state index contributed by atoms with van der Waals surface area (Å²) in [5.74, 6) is -0.151. The molecule has 5 rings (SSSR count). The van der Waals surface area contributed by atoms with Gasteiger partial charge in [-0.3, -0.25) is 14.8 Å². The Labute approximate surface area is 224 Å². The minimum absolute atomic E-state index is 0.0583. The molecule has 0 aliphatic rings. The molecule has 38 heavy (non-hydrogen) atoms. The first-order chi connectivity index (χ1) is 18.4. The topological polar surface area (TPSA) is 110 Å². The molecule has 2 N–H and O–H groups in total. The average Bonchev–Trinajstić information content (AvgIpc) is 3.42. The minimum Gasteiger partial charge on any atom is -0.497 e. The normalized spacial score (nSPS) is 11.1. The van der Waals surface area contributed by atoms with Gasteiger partial charge >= 0.3 is 0 Å². The molecule has 0 saturated carbocycles. The summed E-state index contributed by atoms with van der Waals surface area (Å²) >= 11 is 1.21. The smallest absolute Gasteiger partial charge is 0.261 e. The lowest BCUT2D eigenvalue weighted by Gasteiger charge is -2.14. The van der Waals surface area contributed by atoms with Crippen molar-refractivity contribution < 1.29 is 17.9 Å². The lowest BCUT2D eigenvalue weighted by Crippen LogP contribution is -2.18. The number of sulfonamides is 1.